The second-order valence-electron chi connectivity index (χ2n) is 13.6. The maximum atomic E-state index is 11.2. The van der Waals surface area contributed by atoms with Crippen molar-refractivity contribution in [3.63, 3.8) is 0 Å². The predicted molar refractivity (Wildman–Crippen MR) is 195 cm³/mol. The Bertz CT molecular complexity index is 473. The summed E-state index contributed by atoms with van der Waals surface area (Å²) in [6.45, 7) is 4.59. The fourth-order valence-corrected chi connectivity index (χ4v) is 8.88. The van der Waals surface area contributed by atoms with Gasteiger partial charge in [0.1, 0.15) is 0 Å². The quantitative estimate of drug-likeness (QED) is 0.0541. The molecule has 0 heterocycles. The third-order valence-corrected chi connectivity index (χ3v) is 12.1. The van der Waals surface area contributed by atoms with E-state index < -0.39 is 5.97 Å². The van der Waals surface area contributed by atoms with E-state index in [1.165, 1.54) is 217 Å². The summed E-state index contributed by atoms with van der Waals surface area (Å²) >= 11 is 0. The fraction of sp³-hybridized carbons (Fsp3) is 0.974. The lowest BCUT2D eigenvalue weighted by Crippen LogP contribution is -2.05. The van der Waals surface area contributed by atoms with Crippen LogP contribution in [0.25, 0.3) is 0 Å². The highest BCUT2D eigenvalue weighted by Gasteiger charge is 2.07. The average molecular weight is 613 g/mol. The molecule has 1 N–H and O–H groups in total. The van der Waals surface area contributed by atoms with Crippen LogP contribution in [-0.4, -0.2) is 28.3 Å². The van der Waals surface area contributed by atoms with Crippen LogP contribution in [0.5, 0.6) is 0 Å². The molecule has 0 unspecified atom stereocenters. The Hall–Kier alpha value is -0.180. The summed E-state index contributed by atoms with van der Waals surface area (Å²) in [6, 6.07) is 0. The molecule has 0 aliphatic carbocycles. The standard InChI is InChI=1S/C39H80O2S/c1-3-5-7-9-11-13-15-17-19-21-23-25-27-29-31-33-36-42(38-35-39(40)41)37-34-32-30-28-26-24-22-20-18-16-14-12-10-8-6-4-2/h42H,3-38H2,1-2H3,(H,40,41). The Balaban J connectivity index is 3.54. The molecular formula is C39H80O2S. The average Bonchev–Trinajstić information content (AvgIpc) is 2.98. The molecule has 0 saturated heterocycles. The fourth-order valence-electron chi connectivity index (χ4n) is 6.36. The summed E-state index contributed by atoms with van der Waals surface area (Å²) in [5.74, 6) is 3.00. The van der Waals surface area contributed by atoms with E-state index in [0.29, 0.717) is 6.42 Å². The number of carboxylic acids is 1. The Kier molecular flexibility index (Phi) is 36.9. The Labute approximate surface area is 269 Å². The van der Waals surface area contributed by atoms with E-state index in [4.69, 9.17) is 0 Å². The molecule has 0 aliphatic rings. The van der Waals surface area contributed by atoms with Gasteiger partial charge in [-0.1, -0.05) is 206 Å². The summed E-state index contributed by atoms with van der Waals surface area (Å²) in [4.78, 5) is 11.2. The molecule has 0 atom stereocenters. The third-order valence-electron chi connectivity index (χ3n) is 9.30. The first-order chi connectivity index (χ1) is 20.7. The minimum Gasteiger partial charge on any atom is -0.481 e. The molecule has 2 nitrogen and oxygen atoms in total. The van der Waals surface area contributed by atoms with Gasteiger partial charge in [-0.2, -0.15) is 0 Å². The van der Waals surface area contributed by atoms with Gasteiger partial charge in [0.25, 0.3) is 0 Å². The number of hydrogen-bond acceptors (Lipinski definition) is 1. The van der Waals surface area contributed by atoms with E-state index in [2.05, 4.69) is 13.8 Å². The molecule has 0 aromatic rings. The second kappa shape index (κ2) is 37.0. The second-order valence-corrected chi connectivity index (χ2v) is 16.3. The highest BCUT2D eigenvalue weighted by atomic mass is 32.2. The molecule has 0 aromatic heterocycles. The Morgan fingerprint density at radius 2 is 0.571 bits per heavy atom. The molecule has 0 aromatic carbocycles. The molecule has 0 aliphatic heterocycles. The predicted octanol–water partition coefficient (Wildman–Crippen LogP) is 14.0. The smallest absolute Gasteiger partial charge is 0.304 e. The largest absolute Gasteiger partial charge is 0.481 e. The highest BCUT2D eigenvalue weighted by molar-refractivity contribution is 8.17. The lowest BCUT2D eigenvalue weighted by atomic mass is 10.0. The number of aliphatic carboxylic acids is 1. The van der Waals surface area contributed by atoms with Gasteiger partial charge in [0, 0.05) is 0 Å². The van der Waals surface area contributed by atoms with E-state index >= 15 is 0 Å². The SMILES string of the molecule is CCCCCCCCCCCCCCCCCC[SH](CCCCCCCCCCCCCCCCCC)CCC(=O)O. The van der Waals surface area contributed by atoms with Gasteiger partial charge in [-0.15, -0.1) is 0 Å². The number of rotatable bonds is 37. The monoisotopic (exact) mass is 613 g/mol. The van der Waals surface area contributed by atoms with Gasteiger partial charge >= 0.3 is 5.97 Å². The van der Waals surface area contributed by atoms with Crippen LogP contribution in [0.1, 0.15) is 226 Å². The van der Waals surface area contributed by atoms with Crippen LogP contribution in [-0.2, 0) is 4.79 Å². The number of carboxylic acid groups (broad SMARTS) is 1. The molecular weight excluding hydrogens is 532 g/mol. The van der Waals surface area contributed by atoms with Crippen LogP contribution in [0.2, 0.25) is 0 Å². The molecule has 0 fully saturated rings. The summed E-state index contributed by atoms with van der Waals surface area (Å²) in [7, 11) is -0.0593. The first-order valence-electron chi connectivity index (χ1n) is 19.6. The zero-order valence-corrected chi connectivity index (χ0v) is 30.2. The van der Waals surface area contributed by atoms with Crippen molar-refractivity contribution in [2.45, 2.75) is 226 Å². The van der Waals surface area contributed by atoms with Crippen LogP contribution in [0.3, 0.4) is 0 Å². The van der Waals surface area contributed by atoms with Crippen molar-refractivity contribution >= 4 is 16.9 Å². The van der Waals surface area contributed by atoms with Gasteiger partial charge in [-0.3, -0.25) is 15.7 Å². The van der Waals surface area contributed by atoms with E-state index in [-0.39, 0.29) is 10.9 Å². The van der Waals surface area contributed by atoms with E-state index in [1.54, 1.807) is 0 Å². The lowest BCUT2D eigenvalue weighted by molar-refractivity contribution is -0.136. The van der Waals surface area contributed by atoms with Gasteiger partial charge in [0.2, 0.25) is 0 Å². The minimum absolute atomic E-state index is 0.0593. The van der Waals surface area contributed by atoms with Crippen molar-refractivity contribution < 1.29 is 9.90 Å². The van der Waals surface area contributed by atoms with Crippen molar-refractivity contribution in [1.82, 2.24) is 0 Å². The normalized spacial score (nSPS) is 11.8. The number of thiol groups is 1. The van der Waals surface area contributed by atoms with Crippen molar-refractivity contribution in [2.75, 3.05) is 17.3 Å². The molecule has 0 spiro atoms. The zero-order valence-electron chi connectivity index (χ0n) is 29.3. The molecule has 254 valence electrons. The van der Waals surface area contributed by atoms with Gasteiger partial charge in [0.05, 0.1) is 6.42 Å². The van der Waals surface area contributed by atoms with E-state index in [9.17, 15) is 9.90 Å². The number of carbonyl (C=O) groups is 1. The number of unbranched alkanes of at least 4 members (excludes halogenated alkanes) is 30. The van der Waals surface area contributed by atoms with Crippen LogP contribution < -0.4 is 0 Å². The molecule has 0 bridgehead atoms. The van der Waals surface area contributed by atoms with Crippen LogP contribution >= 0.6 is 10.9 Å². The maximum Gasteiger partial charge on any atom is 0.304 e. The zero-order chi connectivity index (χ0) is 30.6. The summed E-state index contributed by atoms with van der Waals surface area (Å²) in [6.07, 6.45) is 45.8. The van der Waals surface area contributed by atoms with Crippen molar-refractivity contribution in [1.29, 1.82) is 0 Å². The topological polar surface area (TPSA) is 37.3 Å². The molecule has 0 saturated carbocycles. The molecule has 0 rings (SSSR count). The summed E-state index contributed by atoms with van der Waals surface area (Å²) < 4.78 is 0. The van der Waals surface area contributed by atoms with Gasteiger partial charge in [0.15, 0.2) is 0 Å². The van der Waals surface area contributed by atoms with Crippen LogP contribution in [0, 0.1) is 0 Å². The van der Waals surface area contributed by atoms with Crippen molar-refractivity contribution in [3.8, 4) is 0 Å². The first kappa shape index (κ1) is 41.8. The minimum atomic E-state index is -0.596. The molecule has 0 radical (unpaired) electrons. The van der Waals surface area contributed by atoms with Gasteiger partial charge in [-0.05, 0) is 30.1 Å². The number of hydrogen-bond donors (Lipinski definition) is 2. The third kappa shape index (κ3) is 36.0. The molecule has 0 amide bonds. The highest BCUT2D eigenvalue weighted by Crippen LogP contribution is 2.30. The van der Waals surface area contributed by atoms with Crippen molar-refractivity contribution in [2.24, 2.45) is 0 Å². The molecule has 3 heteroatoms. The summed E-state index contributed by atoms with van der Waals surface area (Å²) in [5.41, 5.74) is 0. The van der Waals surface area contributed by atoms with E-state index in [1.807, 2.05) is 0 Å². The van der Waals surface area contributed by atoms with Crippen molar-refractivity contribution in [3.05, 3.63) is 0 Å². The molecule has 42 heavy (non-hydrogen) atoms. The summed E-state index contributed by atoms with van der Waals surface area (Å²) in [5, 5.41) is 9.20. The lowest BCUT2D eigenvalue weighted by Gasteiger charge is -2.21. The first-order valence-corrected chi connectivity index (χ1v) is 21.5. The van der Waals surface area contributed by atoms with Crippen LogP contribution in [0.15, 0.2) is 0 Å². The van der Waals surface area contributed by atoms with Gasteiger partial charge < -0.3 is 5.11 Å². The van der Waals surface area contributed by atoms with E-state index in [0.717, 1.165) is 5.75 Å². The maximum absolute atomic E-state index is 11.2. The Morgan fingerprint density at radius 1 is 0.357 bits per heavy atom. The van der Waals surface area contributed by atoms with Crippen LogP contribution in [0.4, 0.5) is 0 Å². The Morgan fingerprint density at radius 3 is 0.786 bits per heavy atom. The van der Waals surface area contributed by atoms with Gasteiger partial charge in [-0.25, -0.2) is 0 Å².